The Morgan fingerprint density at radius 3 is 2.24 bits per heavy atom. The molecule has 200 valence electrons. The van der Waals surface area contributed by atoms with Crippen LogP contribution in [0.4, 0.5) is 38.1 Å². The van der Waals surface area contributed by atoms with Gasteiger partial charge in [-0.15, -0.1) is 0 Å². The molecule has 4 aromatic rings. The van der Waals surface area contributed by atoms with Gasteiger partial charge >= 0.3 is 12.4 Å². The number of fused-ring (bicyclic) bond motifs is 1. The second kappa shape index (κ2) is 10.1. The number of nitrogens with zero attached hydrogens (tertiary/aromatic N) is 5. The predicted molar refractivity (Wildman–Crippen MR) is 128 cm³/mol. The van der Waals surface area contributed by atoms with Crippen molar-refractivity contribution in [2.24, 2.45) is 0 Å². The number of imidazole rings is 1. The first-order chi connectivity index (χ1) is 18.1. The van der Waals surface area contributed by atoms with Crippen molar-refractivity contribution in [2.45, 2.75) is 25.4 Å². The topological polar surface area (TPSA) is 68.1 Å². The Kier molecular flexibility index (Phi) is 6.86. The van der Waals surface area contributed by atoms with Crippen molar-refractivity contribution in [2.75, 3.05) is 36.5 Å². The highest BCUT2D eigenvalue weighted by Gasteiger charge is 2.31. The van der Waals surface area contributed by atoms with Crippen molar-refractivity contribution in [3.05, 3.63) is 77.1 Å². The van der Waals surface area contributed by atoms with Crippen LogP contribution < -0.4 is 10.2 Å². The second-order valence-corrected chi connectivity index (χ2v) is 8.76. The van der Waals surface area contributed by atoms with E-state index >= 15 is 0 Å². The minimum atomic E-state index is -4.46. The Hall–Kier alpha value is -3.87. The van der Waals surface area contributed by atoms with Crippen LogP contribution in [-0.2, 0) is 30.2 Å². The summed E-state index contributed by atoms with van der Waals surface area (Å²) in [6.45, 7) is 2.33. The third kappa shape index (κ3) is 5.67. The molecular formula is C25H22F6N6O. The van der Waals surface area contributed by atoms with E-state index in [1.54, 1.807) is 10.6 Å². The number of alkyl halides is 6. The van der Waals surface area contributed by atoms with Gasteiger partial charge in [0.05, 0.1) is 37.2 Å². The number of morpholine rings is 1. The molecule has 1 aliphatic heterocycles. The summed E-state index contributed by atoms with van der Waals surface area (Å²) in [5, 5.41) is 3.09. The molecule has 1 fully saturated rings. The van der Waals surface area contributed by atoms with Gasteiger partial charge < -0.3 is 19.5 Å². The maximum atomic E-state index is 13.1. The van der Waals surface area contributed by atoms with E-state index in [0.29, 0.717) is 60.4 Å². The molecule has 0 amide bonds. The van der Waals surface area contributed by atoms with E-state index in [2.05, 4.69) is 20.3 Å². The van der Waals surface area contributed by atoms with Gasteiger partial charge in [0.15, 0.2) is 17.0 Å². The lowest BCUT2D eigenvalue weighted by molar-refractivity contribution is -0.138. The van der Waals surface area contributed by atoms with Crippen molar-refractivity contribution in [1.29, 1.82) is 0 Å². The number of ether oxygens (including phenoxy) is 1. The van der Waals surface area contributed by atoms with Crippen LogP contribution in [0, 0.1) is 0 Å². The first kappa shape index (κ1) is 25.8. The minimum Gasteiger partial charge on any atom is -0.378 e. The Morgan fingerprint density at radius 2 is 1.55 bits per heavy atom. The summed E-state index contributed by atoms with van der Waals surface area (Å²) in [7, 11) is 0. The van der Waals surface area contributed by atoms with Gasteiger partial charge in [-0.2, -0.15) is 36.3 Å². The average molecular weight is 536 g/mol. The highest BCUT2D eigenvalue weighted by Crippen LogP contribution is 2.31. The number of rotatable bonds is 6. The molecule has 1 N–H and O–H groups in total. The highest BCUT2D eigenvalue weighted by molar-refractivity contribution is 5.84. The van der Waals surface area contributed by atoms with Crippen LogP contribution in [0.1, 0.15) is 22.3 Å². The van der Waals surface area contributed by atoms with E-state index in [4.69, 9.17) is 4.74 Å². The van der Waals surface area contributed by atoms with Gasteiger partial charge in [-0.05, 0) is 35.4 Å². The molecule has 0 saturated carbocycles. The summed E-state index contributed by atoms with van der Waals surface area (Å²) < 4.78 is 85.3. The largest absolute Gasteiger partial charge is 0.416 e. The molecule has 5 rings (SSSR count). The molecule has 1 saturated heterocycles. The van der Waals surface area contributed by atoms with E-state index in [1.807, 2.05) is 4.90 Å². The molecule has 13 heteroatoms. The SMILES string of the molecule is FC(F)(F)c1ccc(Cn2cnc3c(NCc4cccc(C(F)(F)F)c4)nc(N4CCOCC4)nc32)cc1. The number of nitrogens with one attached hydrogen (secondary N) is 1. The lowest BCUT2D eigenvalue weighted by Crippen LogP contribution is -2.37. The Morgan fingerprint density at radius 1 is 0.842 bits per heavy atom. The average Bonchev–Trinajstić information content (AvgIpc) is 3.30. The van der Waals surface area contributed by atoms with Crippen molar-refractivity contribution < 1.29 is 31.1 Å². The Labute approximate surface area is 213 Å². The molecule has 7 nitrogen and oxygen atoms in total. The summed E-state index contributed by atoms with van der Waals surface area (Å²) in [5.41, 5.74) is 0.356. The minimum absolute atomic E-state index is 0.0599. The number of hydrogen-bond acceptors (Lipinski definition) is 6. The van der Waals surface area contributed by atoms with Gasteiger partial charge in [-0.1, -0.05) is 24.3 Å². The molecule has 38 heavy (non-hydrogen) atoms. The summed E-state index contributed by atoms with van der Waals surface area (Å²) in [6.07, 6.45) is -7.38. The van der Waals surface area contributed by atoms with Crippen LogP contribution in [0.3, 0.4) is 0 Å². The van der Waals surface area contributed by atoms with Gasteiger partial charge in [-0.3, -0.25) is 0 Å². The van der Waals surface area contributed by atoms with Crippen molar-refractivity contribution in [1.82, 2.24) is 19.5 Å². The molecule has 2 aromatic heterocycles. The predicted octanol–water partition coefficient (Wildman–Crippen LogP) is 5.36. The first-order valence-corrected chi connectivity index (χ1v) is 11.7. The van der Waals surface area contributed by atoms with Gasteiger partial charge in [0.25, 0.3) is 0 Å². The molecule has 2 aromatic carbocycles. The molecule has 0 radical (unpaired) electrons. The van der Waals surface area contributed by atoms with Crippen LogP contribution >= 0.6 is 0 Å². The molecule has 0 atom stereocenters. The third-order valence-corrected chi connectivity index (χ3v) is 6.09. The zero-order valence-electron chi connectivity index (χ0n) is 19.9. The van der Waals surface area contributed by atoms with Crippen LogP contribution in [0.5, 0.6) is 0 Å². The van der Waals surface area contributed by atoms with E-state index in [0.717, 1.165) is 24.3 Å². The van der Waals surface area contributed by atoms with E-state index in [1.165, 1.54) is 24.5 Å². The van der Waals surface area contributed by atoms with Crippen LogP contribution in [0.15, 0.2) is 54.9 Å². The Balaban J connectivity index is 1.46. The van der Waals surface area contributed by atoms with E-state index in [-0.39, 0.29) is 13.1 Å². The molecule has 1 aliphatic rings. The summed E-state index contributed by atoms with van der Waals surface area (Å²) >= 11 is 0. The Bertz CT molecular complexity index is 1410. The third-order valence-electron chi connectivity index (χ3n) is 6.09. The summed E-state index contributed by atoms with van der Waals surface area (Å²) in [5.74, 6) is 0.724. The quantitative estimate of drug-likeness (QED) is 0.335. The molecule has 3 heterocycles. The standard InChI is InChI=1S/C25H22F6N6O/c26-24(27,28)18-6-4-16(5-7-18)14-37-15-33-20-21(32-13-17-2-1-3-19(12-17)25(29,30)31)34-23(35-22(20)37)36-8-10-38-11-9-36/h1-7,12,15H,8-11,13-14H2,(H,32,34,35). The first-order valence-electron chi connectivity index (χ1n) is 11.7. The maximum absolute atomic E-state index is 13.1. The molecule has 0 spiro atoms. The molecular weight excluding hydrogens is 514 g/mol. The fraction of sp³-hybridized carbons (Fsp3) is 0.320. The smallest absolute Gasteiger partial charge is 0.378 e. The van der Waals surface area contributed by atoms with Crippen LogP contribution in [0.25, 0.3) is 11.2 Å². The molecule has 0 unspecified atom stereocenters. The molecule has 0 bridgehead atoms. The highest BCUT2D eigenvalue weighted by atomic mass is 19.4. The second-order valence-electron chi connectivity index (χ2n) is 8.76. The summed E-state index contributed by atoms with van der Waals surface area (Å²) in [4.78, 5) is 15.6. The number of hydrogen-bond donors (Lipinski definition) is 1. The monoisotopic (exact) mass is 536 g/mol. The van der Waals surface area contributed by atoms with Crippen molar-refractivity contribution >= 4 is 22.9 Å². The van der Waals surface area contributed by atoms with E-state index < -0.39 is 23.5 Å². The lowest BCUT2D eigenvalue weighted by Gasteiger charge is -2.27. The van der Waals surface area contributed by atoms with Gasteiger partial charge in [0.1, 0.15) is 0 Å². The van der Waals surface area contributed by atoms with Crippen LogP contribution in [0.2, 0.25) is 0 Å². The number of benzene rings is 2. The van der Waals surface area contributed by atoms with Crippen LogP contribution in [-0.4, -0.2) is 45.8 Å². The normalized spacial score (nSPS) is 14.7. The fourth-order valence-corrected chi connectivity index (χ4v) is 4.12. The lowest BCUT2D eigenvalue weighted by atomic mass is 10.1. The van der Waals surface area contributed by atoms with Gasteiger partial charge in [-0.25, -0.2) is 4.98 Å². The number of aromatic nitrogens is 4. The number of halogens is 6. The van der Waals surface area contributed by atoms with E-state index in [9.17, 15) is 26.3 Å². The molecule has 0 aliphatic carbocycles. The van der Waals surface area contributed by atoms with Crippen molar-refractivity contribution in [3.63, 3.8) is 0 Å². The number of anilines is 2. The zero-order valence-corrected chi connectivity index (χ0v) is 19.9. The summed E-state index contributed by atoms with van der Waals surface area (Å²) in [6, 6.07) is 9.82. The maximum Gasteiger partial charge on any atom is 0.416 e. The van der Waals surface area contributed by atoms with Gasteiger partial charge in [0, 0.05) is 19.6 Å². The van der Waals surface area contributed by atoms with Crippen molar-refractivity contribution in [3.8, 4) is 0 Å². The zero-order chi connectivity index (χ0) is 26.9. The van der Waals surface area contributed by atoms with Gasteiger partial charge in [0.2, 0.25) is 5.95 Å². The fourth-order valence-electron chi connectivity index (χ4n) is 4.12.